The van der Waals surface area contributed by atoms with Crippen LogP contribution in [0.15, 0.2) is 24.3 Å². The molecule has 1 N–H and O–H groups in total. The summed E-state index contributed by atoms with van der Waals surface area (Å²) in [6.07, 6.45) is 3.77. The number of carbonyl (C=O) groups excluding carboxylic acids is 2. The minimum absolute atomic E-state index is 0.250. The average Bonchev–Trinajstić information content (AvgIpc) is 3.39. The summed E-state index contributed by atoms with van der Waals surface area (Å²) >= 11 is 6.20. The fourth-order valence-electron chi connectivity index (χ4n) is 3.25. The minimum Gasteiger partial charge on any atom is -0.268 e. The second-order valence-electron chi connectivity index (χ2n) is 6.52. The Morgan fingerprint density at radius 3 is 2.68 bits per heavy atom. The molecular weight excluding hydrogens is 382 g/mol. The van der Waals surface area contributed by atoms with Crippen LogP contribution in [0.1, 0.15) is 28.0 Å². The van der Waals surface area contributed by atoms with E-state index in [0.29, 0.717) is 46.8 Å². The van der Waals surface area contributed by atoms with Gasteiger partial charge < -0.3 is 0 Å². The second-order valence-corrected chi connectivity index (χ2v) is 6.88. The number of H-pyrrole nitrogens is 1. The van der Waals surface area contributed by atoms with Gasteiger partial charge in [-0.1, -0.05) is 11.6 Å². The molecule has 2 aromatic heterocycles. The smallest absolute Gasteiger partial charge is 0.268 e. The Balaban J connectivity index is 1.54. The van der Waals surface area contributed by atoms with E-state index in [9.17, 15) is 9.59 Å². The van der Waals surface area contributed by atoms with Gasteiger partial charge in [0.25, 0.3) is 11.8 Å². The molecule has 3 heterocycles. The van der Waals surface area contributed by atoms with E-state index in [1.165, 1.54) is 16.1 Å². The molecule has 0 spiro atoms. The molecule has 0 bridgehead atoms. The first-order valence-electron chi connectivity index (χ1n) is 8.76. The third kappa shape index (κ3) is 3.13. The Bertz CT molecular complexity index is 1100. The Kier molecular flexibility index (Phi) is 4.60. The van der Waals surface area contributed by atoms with Crippen molar-refractivity contribution in [2.24, 2.45) is 7.05 Å². The largest absolute Gasteiger partial charge is 0.272 e. The lowest BCUT2D eigenvalue weighted by Gasteiger charge is -2.27. The molecule has 2 amide bonds. The molecule has 28 heavy (non-hydrogen) atoms. The Labute approximate surface area is 165 Å². The summed E-state index contributed by atoms with van der Waals surface area (Å²) in [4.78, 5) is 25.6. The van der Waals surface area contributed by atoms with Gasteiger partial charge in [-0.05, 0) is 37.6 Å². The number of hydrazine groups is 1. The number of amides is 2. The third-order valence-electron chi connectivity index (χ3n) is 4.67. The van der Waals surface area contributed by atoms with Crippen molar-refractivity contribution in [3.8, 4) is 0 Å². The minimum atomic E-state index is -0.285. The average molecular weight is 400 g/mol. The van der Waals surface area contributed by atoms with Crippen molar-refractivity contribution >= 4 is 40.5 Å². The van der Waals surface area contributed by atoms with Gasteiger partial charge >= 0.3 is 0 Å². The zero-order valence-electron chi connectivity index (χ0n) is 15.4. The van der Waals surface area contributed by atoms with Crippen LogP contribution in [0.2, 0.25) is 5.15 Å². The van der Waals surface area contributed by atoms with Crippen molar-refractivity contribution in [3.63, 3.8) is 0 Å². The van der Waals surface area contributed by atoms with Crippen molar-refractivity contribution in [2.45, 2.75) is 13.3 Å². The summed E-state index contributed by atoms with van der Waals surface area (Å²) in [7, 11) is 1.74. The van der Waals surface area contributed by atoms with E-state index in [1.54, 1.807) is 36.0 Å². The molecule has 3 aromatic rings. The summed E-state index contributed by atoms with van der Waals surface area (Å²) in [5.41, 5.74) is 3.15. The SMILES string of the molecule is Cc1nn(C)c(Cl)c1C=CC(=O)N1CCCN1C(=O)c1ccc2n[nH]nc2c1. The van der Waals surface area contributed by atoms with E-state index in [4.69, 9.17) is 11.6 Å². The number of nitrogens with zero attached hydrogens (tertiary/aromatic N) is 6. The molecule has 1 aromatic carbocycles. The van der Waals surface area contributed by atoms with E-state index in [0.717, 1.165) is 5.69 Å². The number of aromatic amines is 1. The predicted octanol–water partition coefficient (Wildman–Crippen LogP) is 1.96. The lowest BCUT2D eigenvalue weighted by molar-refractivity contribution is -0.134. The molecule has 0 unspecified atom stereocenters. The van der Waals surface area contributed by atoms with Gasteiger partial charge in [0.2, 0.25) is 0 Å². The fraction of sp³-hybridized carbons (Fsp3) is 0.278. The van der Waals surface area contributed by atoms with Crippen LogP contribution in [0, 0.1) is 6.92 Å². The summed E-state index contributed by atoms with van der Waals surface area (Å²) in [6.45, 7) is 2.77. The molecule has 0 saturated carbocycles. The lowest BCUT2D eigenvalue weighted by atomic mass is 10.2. The van der Waals surface area contributed by atoms with Gasteiger partial charge in [0.15, 0.2) is 0 Å². The summed E-state index contributed by atoms with van der Waals surface area (Å²) < 4.78 is 1.55. The van der Waals surface area contributed by atoms with Gasteiger partial charge in [-0.3, -0.25) is 14.3 Å². The van der Waals surface area contributed by atoms with E-state index >= 15 is 0 Å². The maximum Gasteiger partial charge on any atom is 0.272 e. The van der Waals surface area contributed by atoms with Gasteiger partial charge in [-0.25, -0.2) is 10.0 Å². The molecule has 0 atom stereocenters. The van der Waals surface area contributed by atoms with Crippen molar-refractivity contribution in [1.82, 2.24) is 35.2 Å². The summed E-state index contributed by atoms with van der Waals surface area (Å²) in [5, 5.41) is 18.1. The molecule has 1 fully saturated rings. The Hall–Kier alpha value is -3.20. The second kappa shape index (κ2) is 7.08. The molecule has 4 rings (SSSR count). The van der Waals surface area contributed by atoms with Gasteiger partial charge in [0, 0.05) is 37.3 Å². The fourth-order valence-corrected chi connectivity index (χ4v) is 3.49. The van der Waals surface area contributed by atoms with Crippen LogP contribution in [0.5, 0.6) is 0 Å². The monoisotopic (exact) mass is 399 g/mol. The van der Waals surface area contributed by atoms with Crippen LogP contribution in [-0.4, -0.2) is 60.1 Å². The van der Waals surface area contributed by atoms with Crippen LogP contribution in [0.25, 0.3) is 17.1 Å². The van der Waals surface area contributed by atoms with Crippen molar-refractivity contribution in [2.75, 3.05) is 13.1 Å². The maximum atomic E-state index is 12.9. The zero-order chi connectivity index (χ0) is 19.8. The van der Waals surface area contributed by atoms with Crippen LogP contribution < -0.4 is 0 Å². The summed E-state index contributed by atoms with van der Waals surface area (Å²) in [6, 6.07) is 5.07. The molecular formula is C18H18ClN7O2. The van der Waals surface area contributed by atoms with Crippen LogP contribution in [0.3, 0.4) is 0 Å². The highest BCUT2D eigenvalue weighted by Crippen LogP contribution is 2.21. The van der Waals surface area contributed by atoms with Gasteiger partial charge in [0.05, 0.1) is 5.69 Å². The number of hydrogen-bond donors (Lipinski definition) is 1. The highest BCUT2D eigenvalue weighted by atomic mass is 35.5. The number of benzene rings is 1. The predicted molar refractivity (Wildman–Crippen MR) is 103 cm³/mol. The first kappa shape index (κ1) is 18.2. The van der Waals surface area contributed by atoms with E-state index in [1.807, 2.05) is 6.92 Å². The van der Waals surface area contributed by atoms with E-state index < -0.39 is 0 Å². The quantitative estimate of drug-likeness (QED) is 0.678. The summed E-state index contributed by atoms with van der Waals surface area (Å²) in [5.74, 6) is -0.535. The number of rotatable bonds is 3. The Morgan fingerprint density at radius 2 is 1.93 bits per heavy atom. The lowest BCUT2D eigenvalue weighted by Crippen LogP contribution is -2.44. The van der Waals surface area contributed by atoms with Crippen LogP contribution in [-0.2, 0) is 11.8 Å². The zero-order valence-corrected chi connectivity index (χ0v) is 16.1. The highest BCUT2D eigenvalue weighted by molar-refractivity contribution is 6.31. The van der Waals surface area contributed by atoms with Gasteiger partial charge in [0.1, 0.15) is 16.2 Å². The number of hydrogen-bond acceptors (Lipinski definition) is 5. The molecule has 0 aliphatic carbocycles. The number of carbonyl (C=O) groups is 2. The number of aryl methyl sites for hydroxylation is 2. The number of fused-ring (bicyclic) bond motifs is 1. The van der Waals surface area contributed by atoms with Crippen molar-refractivity contribution in [1.29, 1.82) is 0 Å². The number of nitrogens with one attached hydrogen (secondary N) is 1. The first-order valence-corrected chi connectivity index (χ1v) is 9.14. The van der Waals surface area contributed by atoms with Gasteiger partial charge in [-0.2, -0.15) is 20.5 Å². The molecule has 10 heteroatoms. The molecule has 144 valence electrons. The van der Waals surface area contributed by atoms with Crippen LogP contribution in [0.4, 0.5) is 0 Å². The topological polar surface area (TPSA) is 100 Å². The van der Waals surface area contributed by atoms with Crippen molar-refractivity contribution in [3.05, 3.63) is 46.2 Å². The highest BCUT2D eigenvalue weighted by Gasteiger charge is 2.30. The third-order valence-corrected chi connectivity index (χ3v) is 5.12. The first-order chi connectivity index (χ1) is 13.5. The van der Waals surface area contributed by atoms with Gasteiger partial charge in [-0.15, -0.1) is 0 Å². The van der Waals surface area contributed by atoms with E-state index in [-0.39, 0.29) is 11.8 Å². The van der Waals surface area contributed by atoms with Crippen LogP contribution >= 0.6 is 11.6 Å². The maximum absolute atomic E-state index is 12.9. The molecule has 1 aliphatic rings. The van der Waals surface area contributed by atoms with E-state index in [2.05, 4.69) is 20.5 Å². The molecule has 1 saturated heterocycles. The van der Waals surface area contributed by atoms with Crippen molar-refractivity contribution < 1.29 is 9.59 Å². The molecule has 0 radical (unpaired) electrons. The number of halogens is 1. The standard InChI is InChI=1S/C18H18ClN7O2/c1-11-13(17(19)24(2)22-11)5-7-16(27)25-8-3-9-26(25)18(28)12-4-6-14-15(10-12)21-23-20-14/h4-7,10H,3,8-9H2,1-2H3,(H,20,21,23). The Morgan fingerprint density at radius 1 is 1.18 bits per heavy atom. The number of aromatic nitrogens is 5. The normalized spacial score (nSPS) is 14.5. The molecule has 1 aliphatic heterocycles. The molecule has 9 nitrogen and oxygen atoms in total.